The van der Waals surface area contributed by atoms with Crippen LogP contribution in [0.5, 0.6) is 0 Å². The Hall–Kier alpha value is -0.160. The number of aliphatic hydroxyl groups excluding tert-OH is 1. The first-order chi connectivity index (χ1) is 6.26. The molecule has 0 aliphatic rings. The third-order valence-electron chi connectivity index (χ3n) is 1.78. The summed E-state index contributed by atoms with van der Waals surface area (Å²) in [7, 11) is 0. The summed E-state index contributed by atoms with van der Waals surface area (Å²) in [4.78, 5) is 4.10. The second-order valence-electron chi connectivity index (χ2n) is 2.73. The third kappa shape index (κ3) is 3.60. The summed E-state index contributed by atoms with van der Waals surface area (Å²) in [6, 6.07) is 0.155. The van der Waals surface area contributed by atoms with Gasteiger partial charge in [0.15, 0.2) is 0 Å². The minimum Gasteiger partial charge on any atom is -0.395 e. The van der Waals surface area contributed by atoms with Crippen molar-refractivity contribution in [1.29, 1.82) is 0 Å². The molecule has 0 bridgehead atoms. The highest BCUT2D eigenvalue weighted by Gasteiger charge is 2.05. The molecule has 0 spiro atoms. The van der Waals surface area contributed by atoms with E-state index in [0.29, 0.717) is 10.9 Å². The largest absolute Gasteiger partial charge is 0.395 e. The molecule has 1 aromatic rings. The highest BCUT2D eigenvalue weighted by atomic mass is 35.5. The normalized spacial score (nSPS) is 13.2. The van der Waals surface area contributed by atoms with Crippen LogP contribution in [0.3, 0.4) is 0 Å². The first kappa shape index (κ1) is 10.9. The van der Waals surface area contributed by atoms with Crippen molar-refractivity contribution in [2.24, 2.45) is 0 Å². The van der Waals surface area contributed by atoms with Gasteiger partial charge in [-0.05, 0) is 6.42 Å². The number of aromatic nitrogens is 1. The molecule has 3 nitrogen and oxygen atoms in total. The van der Waals surface area contributed by atoms with Gasteiger partial charge in [0, 0.05) is 12.6 Å². The minimum atomic E-state index is 0.155. The predicted molar refractivity (Wildman–Crippen MR) is 55.1 cm³/mol. The highest BCUT2D eigenvalue weighted by molar-refractivity contribution is 7.15. The molecule has 0 saturated heterocycles. The van der Waals surface area contributed by atoms with Crippen LogP contribution in [0.1, 0.15) is 18.4 Å². The Morgan fingerprint density at radius 1 is 1.77 bits per heavy atom. The standard InChI is InChI=1S/C8H13ClN2OS/c1-2-6(5-12)10-4-8-11-3-7(9)13-8/h3,6,10,12H,2,4-5H2,1H3/t6-/m0/s1. The monoisotopic (exact) mass is 220 g/mol. The summed E-state index contributed by atoms with van der Waals surface area (Å²) in [5.41, 5.74) is 0. The lowest BCUT2D eigenvalue weighted by Gasteiger charge is -2.11. The van der Waals surface area contributed by atoms with E-state index in [2.05, 4.69) is 10.3 Å². The number of aliphatic hydroxyl groups is 1. The van der Waals surface area contributed by atoms with Gasteiger partial charge in [-0.2, -0.15) is 0 Å². The molecule has 74 valence electrons. The third-order valence-corrected chi connectivity index (χ3v) is 2.90. The van der Waals surface area contributed by atoms with E-state index < -0.39 is 0 Å². The molecular formula is C8H13ClN2OS. The van der Waals surface area contributed by atoms with Crippen molar-refractivity contribution >= 4 is 22.9 Å². The Labute approximate surface area is 86.8 Å². The van der Waals surface area contributed by atoms with Gasteiger partial charge in [0.2, 0.25) is 0 Å². The van der Waals surface area contributed by atoms with E-state index in [0.717, 1.165) is 11.4 Å². The van der Waals surface area contributed by atoms with Crippen LogP contribution < -0.4 is 5.32 Å². The number of hydrogen-bond donors (Lipinski definition) is 2. The molecule has 0 amide bonds. The zero-order valence-corrected chi connectivity index (χ0v) is 9.03. The van der Waals surface area contributed by atoms with Crippen LogP contribution in [0.15, 0.2) is 6.20 Å². The van der Waals surface area contributed by atoms with E-state index >= 15 is 0 Å². The van der Waals surface area contributed by atoms with Crippen LogP contribution in [-0.2, 0) is 6.54 Å². The second kappa shape index (κ2) is 5.54. The van der Waals surface area contributed by atoms with E-state index in [-0.39, 0.29) is 12.6 Å². The fraction of sp³-hybridized carbons (Fsp3) is 0.625. The van der Waals surface area contributed by atoms with Crippen LogP contribution in [0, 0.1) is 0 Å². The van der Waals surface area contributed by atoms with Gasteiger partial charge in [-0.25, -0.2) is 4.98 Å². The van der Waals surface area contributed by atoms with Crippen molar-refractivity contribution in [3.63, 3.8) is 0 Å². The van der Waals surface area contributed by atoms with Crippen molar-refractivity contribution in [3.05, 3.63) is 15.5 Å². The van der Waals surface area contributed by atoms with Crippen LogP contribution in [-0.4, -0.2) is 22.7 Å². The fourth-order valence-corrected chi connectivity index (χ4v) is 1.85. The van der Waals surface area contributed by atoms with Gasteiger partial charge in [0.25, 0.3) is 0 Å². The zero-order valence-electron chi connectivity index (χ0n) is 7.46. The maximum Gasteiger partial charge on any atom is 0.113 e. The Morgan fingerprint density at radius 2 is 2.54 bits per heavy atom. The maximum atomic E-state index is 8.90. The van der Waals surface area contributed by atoms with Crippen LogP contribution in [0.2, 0.25) is 4.34 Å². The second-order valence-corrected chi connectivity index (χ2v) is 4.47. The van der Waals surface area contributed by atoms with E-state index in [4.69, 9.17) is 16.7 Å². The van der Waals surface area contributed by atoms with Crippen molar-refractivity contribution < 1.29 is 5.11 Å². The number of thiazole rings is 1. The molecule has 1 rings (SSSR count). The molecule has 1 aromatic heterocycles. The summed E-state index contributed by atoms with van der Waals surface area (Å²) >= 11 is 7.18. The molecule has 0 saturated carbocycles. The van der Waals surface area contributed by atoms with Crippen LogP contribution in [0.25, 0.3) is 0 Å². The average molecular weight is 221 g/mol. The van der Waals surface area contributed by atoms with E-state index in [1.165, 1.54) is 11.3 Å². The van der Waals surface area contributed by atoms with Crippen molar-refractivity contribution in [2.45, 2.75) is 25.9 Å². The molecule has 1 heterocycles. The summed E-state index contributed by atoms with van der Waals surface area (Å²) in [6.07, 6.45) is 2.55. The first-order valence-electron chi connectivity index (χ1n) is 4.20. The van der Waals surface area contributed by atoms with Crippen molar-refractivity contribution in [1.82, 2.24) is 10.3 Å². The summed E-state index contributed by atoms with van der Waals surface area (Å²) in [5, 5.41) is 13.0. The zero-order chi connectivity index (χ0) is 9.68. The van der Waals surface area contributed by atoms with Gasteiger partial charge in [-0.15, -0.1) is 11.3 Å². The van der Waals surface area contributed by atoms with E-state index in [1.807, 2.05) is 6.92 Å². The Morgan fingerprint density at radius 3 is 3.00 bits per heavy atom. The lowest BCUT2D eigenvalue weighted by atomic mass is 10.2. The Balaban J connectivity index is 2.33. The van der Waals surface area contributed by atoms with Gasteiger partial charge < -0.3 is 10.4 Å². The molecule has 0 aliphatic heterocycles. The van der Waals surface area contributed by atoms with Gasteiger partial charge in [-0.3, -0.25) is 0 Å². The fourth-order valence-electron chi connectivity index (χ4n) is 0.939. The molecule has 0 fully saturated rings. The minimum absolute atomic E-state index is 0.155. The Kier molecular flexibility index (Phi) is 4.66. The average Bonchev–Trinajstić information content (AvgIpc) is 2.53. The molecule has 0 radical (unpaired) electrons. The summed E-state index contributed by atoms with van der Waals surface area (Å²) in [5.74, 6) is 0. The first-order valence-corrected chi connectivity index (χ1v) is 5.40. The number of halogens is 1. The van der Waals surface area contributed by atoms with Gasteiger partial charge in [0.05, 0.1) is 12.8 Å². The molecule has 0 aromatic carbocycles. The number of nitrogens with one attached hydrogen (secondary N) is 1. The number of hydrogen-bond acceptors (Lipinski definition) is 4. The quantitative estimate of drug-likeness (QED) is 0.794. The maximum absolute atomic E-state index is 8.90. The van der Waals surface area contributed by atoms with Crippen LogP contribution >= 0.6 is 22.9 Å². The topological polar surface area (TPSA) is 45.1 Å². The number of nitrogens with zero attached hydrogens (tertiary/aromatic N) is 1. The molecule has 2 N–H and O–H groups in total. The molecule has 13 heavy (non-hydrogen) atoms. The van der Waals surface area contributed by atoms with Crippen molar-refractivity contribution in [3.8, 4) is 0 Å². The van der Waals surface area contributed by atoms with Crippen molar-refractivity contribution in [2.75, 3.05) is 6.61 Å². The number of rotatable bonds is 5. The molecule has 1 atom stereocenters. The van der Waals surface area contributed by atoms with E-state index in [9.17, 15) is 0 Å². The SMILES string of the molecule is CC[C@@H](CO)NCc1ncc(Cl)s1. The molecule has 0 unspecified atom stereocenters. The molecular weight excluding hydrogens is 208 g/mol. The molecule has 5 heteroatoms. The lowest BCUT2D eigenvalue weighted by molar-refractivity contribution is 0.238. The smallest absolute Gasteiger partial charge is 0.113 e. The van der Waals surface area contributed by atoms with Gasteiger partial charge in [0.1, 0.15) is 9.34 Å². The van der Waals surface area contributed by atoms with Gasteiger partial charge >= 0.3 is 0 Å². The predicted octanol–water partition coefficient (Wildman–Crippen LogP) is 1.66. The summed E-state index contributed by atoms with van der Waals surface area (Å²) < 4.78 is 0.703. The van der Waals surface area contributed by atoms with E-state index in [1.54, 1.807) is 6.20 Å². The Bertz CT molecular complexity index is 250. The van der Waals surface area contributed by atoms with Gasteiger partial charge in [-0.1, -0.05) is 18.5 Å². The lowest BCUT2D eigenvalue weighted by Crippen LogP contribution is -2.31. The van der Waals surface area contributed by atoms with Crippen LogP contribution in [0.4, 0.5) is 0 Å². The highest BCUT2D eigenvalue weighted by Crippen LogP contribution is 2.17. The molecule has 0 aliphatic carbocycles. The summed E-state index contributed by atoms with van der Waals surface area (Å²) in [6.45, 7) is 2.87.